The Balaban J connectivity index is 2.05. The van der Waals surface area contributed by atoms with Crippen LogP contribution in [0.25, 0.3) is 0 Å². The van der Waals surface area contributed by atoms with E-state index in [1.54, 1.807) is 7.11 Å². The Morgan fingerprint density at radius 1 is 1.00 bits per heavy atom. The highest BCUT2D eigenvalue weighted by Crippen LogP contribution is 2.16. The van der Waals surface area contributed by atoms with Gasteiger partial charge in [0.1, 0.15) is 18.1 Å². The van der Waals surface area contributed by atoms with Gasteiger partial charge in [-0.2, -0.15) is 0 Å². The number of hydrogen-bond donors (Lipinski definition) is 1. The Morgan fingerprint density at radius 3 is 2.35 bits per heavy atom. The molecule has 0 aliphatic heterocycles. The molecule has 0 radical (unpaired) electrons. The minimum atomic E-state index is 0.568. The number of likely N-dealkylation sites (N-methyl/N-ethyl adjacent to an activating group) is 1. The third kappa shape index (κ3) is 6.14. The zero-order valence-electron chi connectivity index (χ0n) is 10.6. The van der Waals surface area contributed by atoms with E-state index in [2.05, 4.69) is 12.2 Å². The van der Waals surface area contributed by atoms with Crippen LogP contribution in [0.3, 0.4) is 0 Å². The molecule has 1 aromatic rings. The lowest BCUT2D eigenvalue weighted by atomic mass is 10.3. The normalized spacial score (nSPS) is 10.2. The summed E-state index contributed by atoms with van der Waals surface area (Å²) in [7, 11) is 1.65. The van der Waals surface area contributed by atoms with Crippen molar-refractivity contribution in [1.29, 1.82) is 0 Å². The predicted octanol–water partition coefficient (Wildman–Crippen LogP) is 1.70. The van der Waals surface area contributed by atoms with Gasteiger partial charge in [0.25, 0.3) is 0 Å². The van der Waals surface area contributed by atoms with Gasteiger partial charge in [-0.3, -0.25) is 0 Å². The lowest BCUT2D eigenvalue weighted by Crippen LogP contribution is -2.20. The number of nitrogens with one attached hydrogen (secondary N) is 1. The minimum Gasteiger partial charge on any atom is -0.497 e. The van der Waals surface area contributed by atoms with Gasteiger partial charge in [-0.15, -0.1) is 0 Å². The SMILES string of the molecule is CCNCCOCCOc1ccc(OC)cc1. The van der Waals surface area contributed by atoms with Crippen LogP contribution in [-0.2, 0) is 4.74 Å². The number of ether oxygens (including phenoxy) is 3. The molecule has 0 heterocycles. The molecule has 0 atom stereocenters. The third-order valence-corrected chi connectivity index (χ3v) is 2.23. The first kappa shape index (κ1) is 13.8. The second-order valence-electron chi connectivity index (χ2n) is 3.49. The van der Waals surface area contributed by atoms with E-state index in [4.69, 9.17) is 14.2 Å². The molecule has 0 aromatic heterocycles. The molecule has 1 aromatic carbocycles. The fourth-order valence-corrected chi connectivity index (χ4v) is 1.31. The number of benzene rings is 1. The molecule has 0 unspecified atom stereocenters. The van der Waals surface area contributed by atoms with Crippen LogP contribution in [0.5, 0.6) is 11.5 Å². The van der Waals surface area contributed by atoms with Gasteiger partial charge in [-0.25, -0.2) is 0 Å². The van der Waals surface area contributed by atoms with Gasteiger partial charge < -0.3 is 19.5 Å². The molecule has 0 aliphatic rings. The van der Waals surface area contributed by atoms with Crippen molar-refractivity contribution in [3.8, 4) is 11.5 Å². The number of hydrogen-bond acceptors (Lipinski definition) is 4. The van der Waals surface area contributed by atoms with Crippen LogP contribution in [0.2, 0.25) is 0 Å². The van der Waals surface area contributed by atoms with E-state index in [1.165, 1.54) is 0 Å². The van der Waals surface area contributed by atoms with Gasteiger partial charge in [-0.1, -0.05) is 6.92 Å². The second-order valence-corrected chi connectivity index (χ2v) is 3.49. The van der Waals surface area contributed by atoms with Crippen LogP contribution in [0.15, 0.2) is 24.3 Å². The van der Waals surface area contributed by atoms with Gasteiger partial charge in [-0.05, 0) is 30.8 Å². The average molecular weight is 239 g/mol. The van der Waals surface area contributed by atoms with Gasteiger partial charge in [0, 0.05) is 6.54 Å². The largest absolute Gasteiger partial charge is 0.497 e. The Labute approximate surface area is 103 Å². The summed E-state index contributed by atoms with van der Waals surface area (Å²) >= 11 is 0. The first-order chi connectivity index (χ1) is 8.36. The first-order valence-electron chi connectivity index (χ1n) is 5.92. The highest BCUT2D eigenvalue weighted by molar-refractivity contribution is 5.31. The van der Waals surface area contributed by atoms with E-state index in [1.807, 2.05) is 24.3 Å². The van der Waals surface area contributed by atoms with Crippen LogP contribution in [0.4, 0.5) is 0 Å². The Kier molecular flexibility index (Phi) is 7.18. The molecule has 0 bridgehead atoms. The summed E-state index contributed by atoms with van der Waals surface area (Å²) in [5.41, 5.74) is 0. The molecule has 0 fully saturated rings. The Morgan fingerprint density at radius 2 is 1.71 bits per heavy atom. The molecule has 0 amide bonds. The van der Waals surface area contributed by atoms with Gasteiger partial charge >= 0.3 is 0 Å². The van der Waals surface area contributed by atoms with Gasteiger partial charge in [0.05, 0.1) is 20.3 Å². The lowest BCUT2D eigenvalue weighted by Gasteiger charge is -2.08. The highest BCUT2D eigenvalue weighted by atomic mass is 16.5. The maximum atomic E-state index is 5.51. The van der Waals surface area contributed by atoms with Crippen molar-refractivity contribution in [2.45, 2.75) is 6.92 Å². The molecule has 0 saturated carbocycles. The fourth-order valence-electron chi connectivity index (χ4n) is 1.31. The summed E-state index contributed by atoms with van der Waals surface area (Å²) in [6, 6.07) is 7.53. The second kappa shape index (κ2) is 8.84. The van der Waals surface area contributed by atoms with Crippen molar-refractivity contribution >= 4 is 0 Å². The minimum absolute atomic E-state index is 0.568. The fraction of sp³-hybridized carbons (Fsp3) is 0.538. The van der Waals surface area contributed by atoms with E-state index in [0.29, 0.717) is 13.2 Å². The van der Waals surface area contributed by atoms with E-state index >= 15 is 0 Å². The molecular weight excluding hydrogens is 218 g/mol. The van der Waals surface area contributed by atoms with E-state index in [9.17, 15) is 0 Å². The van der Waals surface area contributed by atoms with Crippen molar-refractivity contribution in [2.75, 3.05) is 40.0 Å². The molecule has 1 rings (SSSR count). The van der Waals surface area contributed by atoms with E-state index in [-0.39, 0.29) is 0 Å². The number of methoxy groups -OCH3 is 1. The standard InChI is InChI=1S/C13H21NO3/c1-3-14-8-9-16-10-11-17-13-6-4-12(15-2)5-7-13/h4-7,14H,3,8-11H2,1-2H3. The molecule has 1 N–H and O–H groups in total. The molecule has 4 nitrogen and oxygen atoms in total. The van der Waals surface area contributed by atoms with Crippen molar-refractivity contribution < 1.29 is 14.2 Å². The van der Waals surface area contributed by atoms with Gasteiger partial charge in [0.15, 0.2) is 0 Å². The monoisotopic (exact) mass is 239 g/mol. The Bertz CT molecular complexity index is 287. The van der Waals surface area contributed by atoms with Crippen molar-refractivity contribution in [2.24, 2.45) is 0 Å². The smallest absolute Gasteiger partial charge is 0.119 e. The summed E-state index contributed by atoms with van der Waals surface area (Å²) < 4.78 is 16.0. The predicted molar refractivity (Wildman–Crippen MR) is 67.9 cm³/mol. The first-order valence-corrected chi connectivity index (χ1v) is 5.92. The third-order valence-electron chi connectivity index (χ3n) is 2.23. The zero-order valence-corrected chi connectivity index (χ0v) is 10.6. The van der Waals surface area contributed by atoms with Gasteiger partial charge in [0.2, 0.25) is 0 Å². The van der Waals surface area contributed by atoms with Crippen LogP contribution >= 0.6 is 0 Å². The van der Waals surface area contributed by atoms with Crippen LogP contribution in [0, 0.1) is 0 Å². The van der Waals surface area contributed by atoms with E-state index in [0.717, 1.165) is 31.2 Å². The average Bonchev–Trinajstić information content (AvgIpc) is 2.38. The topological polar surface area (TPSA) is 39.7 Å². The molecule has 0 saturated heterocycles. The zero-order chi connectivity index (χ0) is 12.3. The summed E-state index contributed by atoms with van der Waals surface area (Å²) in [5.74, 6) is 1.67. The summed E-state index contributed by atoms with van der Waals surface area (Å²) in [6.45, 7) is 5.84. The lowest BCUT2D eigenvalue weighted by molar-refractivity contribution is 0.102. The van der Waals surface area contributed by atoms with Crippen molar-refractivity contribution in [1.82, 2.24) is 5.32 Å². The van der Waals surface area contributed by atoms with Crippen molar-refractivity contribution in [3.63, 3.8) is 0 Å². The summed E-state index contributed by atoms with van der Waals surface area (Å²) in [4.78, 5) is 0. The maximum absolute atomic E-state index is 5.51. The molecule has 96 valence electrons. The quantitative estimate of drug-likeness (QED) is 0.666. The molecular formula is C13H21NO3. The van der Waals surface area contributed by atoms with Crippen LogP contribution in [0.1, 0.15) is 6.92 Å². The van der Waals surface area contributed by atoms with E-state index < -0.39 is 0 Å². The van der Waals surface area contributed by atoms with Crippen LogP contribution < -0.4 is 14.8 Å². The summed E-state index contributed by atoms with van der Waals surface area (Å²) in [5, 5.41) is 3.19. The molecule has 0 spiro atoms. The highest BCUT2D eigenvalue weighted by Gasteiger charge is 1.95. The van der Waals surface area contributed by atoms with Crippen molar-refractivity contribution in [3.05, 3.63) is 24.3 Å². The maximum Gasteiger partial charge on any atom is 0.119 e. The molecule has 0 aliphatic carbocycles. The Hall–Kier alpha value is -1.26. The van der Waals surface area contributed by atoms with Crippen LogP contribution in [-0.4, -0.2) is 40.0 Å². The molecule has 4 heteroatoms. The number of rotatable bonds is 9. The molecule has 17 heavy (non-hydrogen) atoms. The summed E-state index contributed by atoms with van der Waals surface area (Å²) in [6.07, 6.45) is 0.